The van der Waals surface area contributed by atoms with E-state index in [0.29, 0.717) is 11.1 Å². The number of rotatable bonds is 3. The highest BCUT2D eigenvalue weighted by molar-refractivity contribution is 6.00. The van der Waals surface area contributed by atoms with Crippen molar-refractivity contribution < 1.29 is 23.1 Å². The average molecular weight is 289 g/mol. The van der Waals surface area contributed by atoms with Crippen LogP contribution in [-0.4, -0.2) is 16.1 Å². The number of aromatic nitrogens is 1. The van der Waals surface area contributed by atoms with E-state index in [2.05, 4.69) is 4.98 Å². The van der Waals surface area contributed by atoms with Crippen molar-refractivity contribution in [2.45, 2.75) is 6.42 Å². The van der Waals surface area contributed by atoms with Gasteiger partial charge in [0.1, 0.15) is 5.52 Å². The monoisotopic (exact) mass is 289 g/mol. The van der Waals surface area contributed by atoms with Crippen LogP contribution in [0.15, 0.2) is 40.8 Å². The first-order valence-electron chi connectivity index (χ1n) is 6.10. The summed E-state index contributed by atoms with van der Waals surface area (Å²) in [6, 6.07) is 8.08. The van der Waals surface area contributed by atoms with Crippen LogP contribution < -0.4 is 0 Å². The Morgan fingerprint density at radius 2 is 2.00 bits per heavy atom. The number of halogens is 2. The molecule has 4 nitrogen and oxygen atoms in total. The number of benzene rings is 2. The van der Waals surface area contributed by atoms with Crippen molar-refractivity contribution in [2.24, 2.45) is 0 Å². The van der Waals surface area contributed by atoms with E-state index in [4.69, 9.17) is 9.52 Å². The summed E-state index contributed by atoms with van der Waals surface area (Å²) in [6.45, 7) is 0. The molecule has 1 heterocycles. The van der Waals surface area contributed by atoms with Gasteiger partial charge >= 0.3 is 5.97 Å². The fourth-order valence-electron chi connectivity index (χ4n) is 2.07. The SMILES string of the molecule is O=C(O)c1cccc2oc(Cc3ccc(F)c(F)c3)nc12. The molecular formula is C15H9F2NO3. The molecule has 2 aromatic carbocycles. The number of carbonyl (C=O) groups is 1. The molecule has 21 heavy (non-hydrogen) atoms. The summed E-state index contributed by atoms with van der Waals surface area (Å²) in [6.07, 6.45) is 0.144. The summed E-state index contributed by atoms with van der Waals surface area (Å²) >= 11 is 0. The fourth-order valence-corrected chi connectivity index (χ4v) is 2.07. The Kier molecular flexibility index (Phi) is 3.13. The van der Waals surface area contributed by atoms with Gasteiger partial charge in [0, 0.05) is 6.42 Å². The third kappa shape index (κ3) is 2.47. The van der Waals surface area contributed by atoms with Crippen LogP contribution in [0.2, 0.25) is 0 Å². The largest absolute Gasteiger partial charge is 0.478 e. The van der Waals surface area contributed by atoms with Crippen molar-refractivity contribution in [3.63, 3.8) is 0 Å². The molecule has 0 atom stereocenters. The Balaban J connectivity index is 1.99. The van der Waals surface area contributed by atoms with Gasteiger partial charge in [-0.3, -0.25) is 0 Å². The van der Waals surface area contributed by atoms with E-state index in [1.165, 1.54) is 12.1 Å². The molecule has 3 aromatic rings. The maximum Gasteiger partial charge on any atom is 0.338 e. The summed E-state index contributed by atoms with van der Waals surface area (Å²) in [5, 5.41) is 9.08. The predicted octanol–water partition coefficient (Wildman–Crippen LogP) is 3.40. The molecule has 6 heteroatoms. The number of hydrogen-bond acceptors (Lipinski definition) is 3. The first-order chi connectivity index (χ1) is 10.0. The van der Waals surface area contributed by atoms with Crippen LogP contribution in [0.5, 0.6) is 0 Å². The average Bonchev–Trinajstić information content (AvgIpc) is 2.84. The van der Waals surface area contributed by atoms with Crippen LogP contribution in [0.3, 0.4) is 0 Å². The molecule has 0 aliphatic rings. The van der Waals surface area contributed by atoms with Gasteiger partial charge in [-0.05, 0) is 29.8 Å². The summed E-state index contributed by atoms with van der Waals surface area (Å²) in [5.74, 6) is -2.74. The van der Waals surface area contributed by atoms with Crippen molar-refractivity contribution in [1.29, 1.82) is 0 Å². The molecule has 0 unspecified atom stereocenters. The van der Waals surface area contributed by atoms with E-state index in [9.17, 15) is 13.6 Å². The van der Waals surface area contributed by atoms with E-state index in [1.54, 1.807) is 12.1 Å². The van der Waals surface area contributed by atoms with E-state index < -0.39 is 17.6 Å². The topological polar surface area (TPSA) is 63.3 Å². The molecular weight excluding hydrogens is 280 g/mol. The summed E-state index contributed by atoms with van der Waals surface area (Å²) in [4.78, 5) is 15.2. The first-order valence-corrected chi connectivity index (χ1v) is 6.10. The number of carboxylic acid groups (broad SMARTS) is 1. The Morgan fingerprint density at radius 3 is 2.71 bits per heavy atom. The lowest BCUT2D eigenvalue weighted by Gasteiger charge is -1.98. The minimum absolute atomic E-state index is 0.0350. The van der Waals surface area contributed by atoms with E-state index >= 15 is 0 Å². The van der Waals surface area contributed by atoms with E-state index in [1.807, 2.05) is 0 Å². The number of oxazole rings is 1. The van der Waals surface area contributed by atoms with Crippen LogP contribution in [0, 0.1) is 11.6 Å². The van der Waals surface area contributed by atoms with Gasteiger partial charge in [0.25, 0.3) is 0 Å². The van der Waals surface area contributed by atoms with Gasteiger partial charge in [-0.25, -0.2) is 18.6 Å². The molecule has 1 N–H and O–H groups in total. The standard InChI is InChI=1S/C15H9F2NO3/c16-10-5-4-8(6-11(10)17)7-13-18-14-9(15(19)20)2-1-3-12(14)21-13/h1-6H,7H2,(H,19,20). The number of aromatic carboxylic acids is 1. The van der Waals surface area contributed by atoms with E-state index in [0.717, 1.165) is 12.1 Å². The molecule has 0 saturated heterocycles. The highest BCUT2D eigenvalue weighted by atomic mass is 19.2. The molecule has 0 spiro atoms. The Hall–Kier alpha value is -2.76. The number of carboxylic acids is 1. The third-order valence-corrected chi connectivity index (χ3v) is 3.03. The van der Waals surface area contributed by atoms with E-state index in [-0.39, 0.29) is 23.4 Å². The quantitative estimate of drug-likeness (QED) is 0.802. The van der Waals surface area contributed by atoms with Crippen LogP contribution in [0.4, 0.5) is 8.78 Å². The number of para-hydroxylation sites is 1. The van der Waals surface area contributed by atoms with Gasteiger partial charge in [0.15, 0.2) is 23.1 Å². The Labute approximate surface area is 117 Å². The minimum atomic E-state index is -1.10. The lowest BCUT2D eigenvalue weighted by atomic mass is 10.1. The first kappa shape index (κ1) is 13.2. The molecule has 0 radical (unpaired) electrons. The zero-order valence-corrected chi connectivity index (χ0v) is 10.6. The van der Waals surface area contributed by atoms with Gasteiger partial charge in [-0.1, -0.05) is 12.1 Å². The van der Waals surface area contributed by atoms with Crippen molar-refractivity contribution in [3.8, 4) is 0 Å². The maximum absolute atomic E-state index is 13.2. The summed E-state index contributed by atoms with van der Waals surface area (Å²) in [5.41, 5.74) is 1.10. The molecule has 0 fully saturated rings. The minimum Gasteiger partial charge on any atom is -0.478 e. The Morgan fingerprint density at radius 1 is 1.19 bits per heavy atom. The normalized spacial score (nSPS) is 11.0. The molecule has 0 aliphatic heterocycles. The van der Waals surface area contributed by atoms with Crippen molar-refractivity contribution in [1.82, 2.24) is 4.98 Å². The second-order valence-corrected chi connectivity index (χ2v) is 4.49. The van der Waals surface area contributed by atoms with Crippen molar-refractivity contribution in [3.05, 3.63) is 65.1 Å². The molecule has 0 aliphatic carbocycles. The lowest BCUT2D eigenvalue weighted by Crippen LogP contribution is -1.97. The second-order valence-electron chi connectivity index (χ2n) is 4.49. The zero-order chi connectivity index (χ0) is 15.0. The number of fused-ring (bicyclic) bond motifs is 1. The lowest BCUT2D eigenvalue weighted by molar-refractivity contribution is 0.0699. The highest BCUT2D eigenvalue weighted by Gasteiger charge is 2.15. The Bertz CT molecular complexity index is 842. The third-order valence-electron chi connectivity index (χ3n) is 3.03. The molecule has 0 bridgehead atoms. The maximum atomic E-state index is 13.2. The van der Waals surface area contributed by atoms with Crippen LogP contribution in [-0.2, 0) is 6.42 Å². The van der Waals surface area contributed by atoms with Crippen molar-refractivity contribution >= 4 is 17.1 Å². The summed E-state index contributed by atoms with van der Waals surface area (Å²) in [7, 11) is 0. The molecule has 1 aromatic heterocycles. The van der Waals surface area contributed by atoms with Gasteiger partial charge in [0.05, 0.1) is 5.56 Å². The van der Waals surface area contributed by atoms with Crippen LogP contribution in [0.1, 0.15) is 21.8 Å². The molecule has 3 rings (SSSR count). The smallest absolute Gasteiger partial charge is 0.338 e. The number of nitrogens with zero attached hydrogens (tertiary/aromatic N) is 1. The van der Waals surface area contributed by atoms with Gasteiger partial charge < -0.3 is 9.52 Å². The molecule has 106 valence electrons. The number of hydrogen-bond donors (Lipinski definition) is 1. The highest BCUT2D eigenvalue weighted by Crippen LogP contribution is 2.22. The predicted molar refractivity (Wildman–Crippen MR) is 70.1 cm³/mol. The molecule has 0 saturated carbocycles. The van der Waals surface area contributed by atoms with Gasteiger partial charge in [-0.2, -0.15) is 0 Å². The fraction of sp³-hybridized carbons (Fsp3) is 0.0667. The van der Waals surface area contributed by atoms with Crippen molar-refractivity contribution in [2.75, 3.05) is 0 Å². The van der Waals surface area contributed by atoms with Gasteiger partial charge in [0.2, 0.25) is 0 Å². The molecule has 0 amide bonds. The van der Waals surface area contributed by atoms with Gasteiger partial charge in [-0.15, -0.1) is 0 Å². The summed E-state index contributed by atoms with van der Waals surface area (Å²) < 4.78 is 31.5. The second kappa shape index (κ2) is 4.97. The van der Waals surface area contributed by atoms with Crippen LogP contribution >= 0.6 is 0 Å². The van der Waals surface area contributed by atoms with Crippen LogP contribution in [0.25, 0.3) is 11.1 Å². The zero-order valence-electron chi connectivity index (χ0n) is 10.6.